The zero-order valence-corrected chi connectivity index (χ0v) is 22.4. The largest absolute Gasteiger partial charge is 0.506 e. The quantitative estimate of drug-likeness (QED) is 0.179. The van der Waals surface area contributed by atoms with Crippen molar-refractivity contribution in [1.29, 1.82) is 0 Å². The molecule has 10 heteroatoms. The number of carbonyl (C=O) groups excluding carboxylic acids is 2. The number of aromatic nitrogens is 2. The van der Waals surface area contributed by atoms with Crippen LogP contribution in [0.5, 0.6) is 5.75 Å². The number of piperidine rings is 1. The van der Waals surface area contributed by atoms with Gasteiger partial charge in [0.2, 0.25) is 5.91 Å². The fourth-order valence-corrected chi connectivity index (χ4v) is 4.73. The lowest BCUT2D eigenvalue weighted by Crippen LogP contribution is -2.37. The Bertz CT molecular complexity index is 1540. The van der Waals surface area contributed by atoms with Crippen LogP contribution in [0.25, 0.3) is 22.2 Å². The number of fused-ring (bicyclic) bond motifs is 1. The minimum absolute atomic E-state index is 0.0341. The average molecular weight is 548 g/mol. The first kappa shape index (κ1) is 28.6. The van der Waals surface area contributed by atoms with Crippen molar-refractivity contribution in [2.45, 2.75) is 26.7 Å². The minimum atomic E-state index is -0.686. The van der Waals surface area contributed by atoms with Gasteiger partial charge >= 0.3 is 0 Å². The third-order valence-corrected chi connectivity index (χ3v) is 6.73. The molecule has 3 aromatic rings. The second-order valence-corrected chi connectivity index (χ2v) is 9.63. The molecule has 1 unspecified atom stereocenters. The number of anilines is 1. The van der Waals surface area contributed by atoms with Gasteiger partial charge in [0.05, 0.1) is 16.9 Å². The van der Waals surface area contributed by atoms with Crippen LogP contribution in [0.2, 0.25) is 0 Å². The normalized spacial score (nSPS) is 17.2. The average Bonchev–Trinajstić information content (AvgIpc) is 3.38. The number of nitrogens with one attached hydrogen (secondary N) is 2. The predicted molar refractivity (Wildman–Crippen MR) is 153 cm³/mol. The number of H-pyrrole nitrogens is 1. The van der Waals surface area contributed by atoms with Crippen molar-refractivity contribution in [1.82, 2.24) is 15.1 Å². The van der Waals surface area contributed by atoms with Gasteiger partial charge in [-0.05, 0) is 68.8 Å². The molecule has 40 heavy (non-hydrogen) atoms. The molecule has 1 saturated heterocycles. The minimum Gasteiger partial charge on any atom is -0.506 e. The summed E-state index contributed by atoms with van der Waals surface area (Å²) in [6.07, 6.45) is 5.47. The summed E-state index contributed by atoms with van der Waals surface area (Å²) < 4.78 is 28.4. The fourth-order valence-electron chi connectivity index (χ4n) is 4.73. The smallest absolute Gasteiger partial charge is 0.276 e. The van der Waals surface area contributed by atoms with Gasteiger partial charge in [-0.2, -0.15) is 5.10 Å². The zero-order chi connectivity index (χ0) is 28.8. The summed E-state index contributed by atoms with van der Waals surface area (Å²) in [5, 5.41) is 20.6. The standard InChI is InChI=1S/C30H31F2N5O3/c1-4-24(31)23(25(32)5-2)17-37-12-6-7-19(16-37)15-33-30(40)21-8-10-26-22(13-21)29(36-35-26)20-9-11-28(39)27(14-20)34-18(3)38/h4-5,8-11,13-15,19,39H,1,6-7,12,16-17H2,2-3H3,(H,34,38)(H,35,36)/b24-23+,25-5+,33-15?. The summed E-state index contributed by atoms with van der Waals surface area (Å²) in [7, 11) is 0. The van der Waals surface area contributed by atoms with E-state index >= 15 is 0 Å². The van der Waals surface area contributed by atoms with E-state index in [1.807, 2.05) is 4.90 Å². The van der Waals surface area contributed by atoms with E-state index in [0.29, 0.717) is 40.8 Å². The highest BCUT2D eigenvalue weighted by Gasteiger charge is 2.22. The Hall–Kier alpha value is -4.44. The molecule has 0 spiro atoms. The van der Waals surface area contributed by atoms with E-state index in [1.54, 1.807) is 36.5 Å². The molecule has 0 saturated carbocycles. The number of phenolic OH excluding ortho intramolecular Hbond substituents is 1. The van der Waals surface area contributed by atoms with Gasteiger partial charge in [0.15, 0.2) is 0 Å². The molecule has 2 aromatic carbocycles. The van der Waals surface area contributed by atoms with E-state index in [2.05, 4.69) is 27.1 Å². The molecule has 2 amide bonds. The summed E-state index contributed by atoms with van der Waals surface area (Å²) in [6, 6.07) is 9.83. The molecule has 1 aromatic heterocycles. The molecule has 1 fully saturated rings. The highest BCUT2D eigenvalue weighted by molar-refractivity contribution is 6.04. The third kappa shape index (κ3) is 6.58. The lowest BCUT2D eigenvalue weighted by Gasteiger charge is -2.31. The topological polar surface area (TPSA) is 111 Å². The number of aromatic hydroxyl groups is 1. The fraction of sp³-hybridized carbons (Fsp3) is 0.267. The monoisotopic (exact) mass is 547 g/mol. The second kappa shape index (κ2) is 12.6. The van der Waals surface area contributed by atoms with Crippen LogP contribution in [0, 0.1) is 5.92 Å². The summed E-state index contributed by atoms with van der Waals surface area (Å²) in [5.74, 6) is -2.16. The lowest BCUT2D eigenvalue weighted by atomic mass is 9.98. The molecule has 1 aliphatic rings. The van der Waals surface area contributed by atoms with Gasteiger partial charge in [-0.1, -0.05) is 12.7 Å². The van der Waals surface area contributed by atoms with Crippen LogP contribution >= 0.6 is 0 Å². The van der Waals surface area contributed by atoms with Crippen LogP contribution in [0.3, 0.4) is 0 Å². The number of benzene rings is 2. The Morgan fingerprint density at radius 1 is 1.27 bits per heavy atom. The number of hydrogen-bond acceptors (Lipinski definition) is 5. The number of phenols is 1. The number of hydrogen-bond donors (Lipinski definition) is 3. The zero-order valence-electron chi connectivity index (χ0n) is 22.4. The van der Waals surface area contributed by atoms with Gasteiger partial charge in [0.25, 0.3) is 5.91 Å². The maximum atomic E-state index is 14.2. The summed E-state index contributed by atoms with van der Waals surface area (Å²) in [6.45, 7) is 7.57. The number of rotatable bonds is 8. The molecule has 208 valence electrons. The molecular formula is C30H31F2N5O3. The van der Waals surface area contributed by atoms with Gasteiger partial charge in [0, 0.05) is 54.2 Å². The second-order valence-electron chi connectivity index (χ2n) is 9.63. The molecule has 1 atom stereocenters. The molecule has 3 N–H and O–H groups in total. The molecule has 4 rings (SSSR count). The Morgan fingerprint density at radius 2 is 2.08 bits per heavy atom. The molecular weight excluding hydrogens is 516 g/mol. The van der Waals surface area contributed by atoms with Crippen molar-refractivity contribution in [2.75, 3.05) is 25.0 Å². The Labute approximate surface area is 230 Å². The van der Waals surface area contributed by atoms with E-state index in [0.717, 1.165) is 18.9 Å². The molecule has 0 bridgehead atoms. The SMILES string of the molecule is C=C/C(F)=C(CN1CCCC(C=NC(=O)c2ccc3[nH]nc(-c4ccc(O)c(NC(C)=O)c4)c3c2)C1)\C(F)=C/C. The van der Waals surface area contributed by atoms with Crippen LogP contribution < -0.4 is 5.32 Å². The first-order valence-corrected chi connectivity index (χ1v) is 12.9. The van der Waals surface area contributed by atoms with Crippen molar-refractivity contribution in [2.24, 2.45) is 10.9 Å². The third-order valence-electron chi connectivity index (χ3n) is 6.73. The lowest BCUT2D eigenvalue weighted by molar-refractivity contribution is -0.114. The van der Waals surface area contributed by atoms with Gasteiger partial charge < -0.3 is 10.4 Å². The number of allylic oxidation sites excluding steroid dienone is 3. The Morgan fingerprint density at radius 3 is 2.80 bits per heavy atom. The molecule has 1 aliphatic heterocycles. The van der Waals surface area contributed by atoms with E-state index < -0.39 is 17.6 Å². The maximum Gasteiger partial charge on any atom is 0.276 e. The number of carbonyl (C=O) groups is 2. The Balaban J connectivity index is 1.51. The summed E-state index contributed by atoms with van der Waals surface area (Å²) in [4.78, 5) is 30.6. The Kier molecular flexibility index (Phi) is 9.00. The van der Waals surface area contributed by atoms with Gasteiger partial charge in [0.1, 0.15) is 17.4 Å². The highest BCUT2D eigenvalue weighted by Crippen LogP contribution is 2.33. The van der Waals surface area contributed by atoms with Gasteiger partial charge in [-0.15, -0.1) is 0 Å². The van der Waals surface area contributed by atoms with Crippen LogP contribution in [-0.2, 0) is 4.79 Å². The van der Waals surface area contributed by atoms with Gasteiger partial charge in [-0.3, -0.25) is 19.6 Å². The first-order chi connectivity index (χ1) is 19.2. The van der Waals surface area contributed by atoms with E-state index in [9.17, 15) is 23.5 Å². The first-order valence-electron chi connectivity index (χ1n) is 12.9. The molecule has 2 heterocycles. The van der Waals surface area contributed by atoms with Crippen LogP contribution in [0.4, 0.5) is 14.5 Å². The number of aliphatic imine (C=N–C) groups is 1. The highest BCUT2D eigenvalue weighted by atomic mass is 19.1. The molecule has 0 aliphatic carbocycles. The van der Waals surface area contributed by atoms with Crippen molar-refractivity contribution >= 4 is 34.6 Å². The van der Waals surface area contributed by atoms with Crippen molar-refractivity contribution < 1.29 is 23.5 Å². The van der Waals surface area contributed by atoms with Crippen molar-refractivity contribution in [3.05, 3.63) is 77.9 Å². The maximum absolute atomic E-state index is 14.2. The molecule has 0 radical (unpaired) electrons. The van der Waals surface area contributed by atoms with Crippen LogP contribution in [0.15, 0.2) is 77.3 Å². The number of aromatic amines is 1. The van der Waals surface area contributed by atoms with Crippen LogP contribution in [0.1, 0.15) is 37.0 Å². The summed E-state index contributed by atoms with van der Waals surface area (Å²) >= 11 is 0. The van der Waals surface area contributed by atoms with E-state index in [1.165, 1.54) is 26.0 Å². The predicted octanol–water partition coefficient (Wildman–Crippen LogP) is 6.10. The van der Waals surface area contributed by atoms with E-state index in [-0.39, 0.29) is 35.4 Å². The number of halogens is 2. The number of nitrogens with zero attached hydrogens (tertiary/aromatic N) is 3. The van der Waals surface area contributed by atoms with Gasteiger partial charge in [-0.25, -0.2) is 13.8 Å². The van der Waals surface area contributed by atoms with Crippen molar-refractivity contribution in [3.8, 4) is 17.0 Å². The molecule has 8 nitrogen and oxygen atoms in total. The number of likely N-dealkylation sites (tertiary alicyclic amines) is 1. The number of amides is 2. The van der Waals surface area contributed by atoms with Crippen LogP contribution in [-0.4, -0.2) is 57.9 Å². The van der Waals surface area contributed by atoms with Crippen molar-refractivity contribution in [3.63, 3.8) is 0 Å². The summed E-state index contributed by atoms with van der Waals surface area (Å²) in [5.41, 5.74) is 2.48. The van der Waals surface area contributed by atoms with E-state index in [4.69, 9.17) is 0 Å².